The number of benzene rings is 1. The first-order chi connectivity index (χ1) is 15.1. The van der Waals surface area contributed by atoms with Crippen LogP contribution in [0.5, 0.6) is 0 Å². The van der Waals surface area contributed by atoms with E-state index in [4.69, 9.17) is 14.7 Å². The smallest absolute Gasteiger partial charge is 0.402 e. The Morgan fingerprint density at radius 2 is 2.03 bits per heavy atom. The second-order valence-electron chi connectivity index (χ2n) is 8.83. The molecule has 1 aliphatic rings. The normalized spacial score (nSPS) is 17.4. The van der Waals surface area contributed by atoms with E-state index in [9.17, 15) is 14.9 Å². The number of urea groups is 1. The van der Waals surface area contributed by atoms with Gasteiger partial charge in [-0.15, -0.1) is 0 Å². The van der Waals surface area contributed by atoms with Crippen molar-refractivity contribution >= 4 is 19.3 Å². The van der Waals surface area contributed by atoms with Gasteiger partial charge in [0.05, 0.1) is 0 Å². The molecule has 1 aromatic carbocycles. The third-order valence-electron chi connectivity index (χ3n) is 4.91. The van der Waals surface area contributed by atoms with Gasteiger partial charge in [0.25, 0.3) is 5.91 Å². The molecular formula is C22H31BN4O5. The van der Waals surface area contributed by atoms with E-state index < -0.39 is 19.6 Å². The summed E-state index contributed by atoms with van der Waals surface area (Å²) in [6.45, 7) is 6.48. The highest BCUT2D eigenvalue weighted by Gasteiger charge is 2.31. The number of allylic oxidation sites excluding steroid dienone is 1. The van der Waals surface area contributed by atoms with Crippen LogP contribution in [-0.2, 0) is 15.9 Å². The first-order valence-electron chi connectivity index (χ1n) is 10.6. The Balaban J connectivity index is 1.95. The summed E-state index contributed by atoms with van der Waals surface area (Å²) in [5.74, 6) is -0.333. The average Bonchev–Trinajstić information content (AvgIpc) is 3.18. The van der Waals surface area contributed by atoms with Crippen LogP contribution in [0.4, 0.5) is 4.79 Å². The molecule has 0 spiro atoms. The van der Waals surface area contributed by atoms with E-state index in [1.54, 1.807) is 11.0 Å². The van der Waals surface area contributed by atoms with Crippen molar-refractivity contribution in [2.75, 3.05) is 13.1 Å². The van der Waals surface area contributed by atoms with Crippen LogP contribution in [0.2, 0.25) is 0 Å². The maximum Gasteiger partial charge on any atom is 0.635 e. The zero-order valence-electron chi connectivity index (χ0n) is 18.7. The lowest BCUT2D eigenvalue weighted by Gasteiger charge is -2.26. The molecule has 1 aliphatic heterocycles. The van der Waals surface area contributed by atoms with Crippen molar-refractivity contribution in [2.24, 2.45) is 5.41 Å². The molecule has 1 saturated heterocycles. The highest BCUT2D eigenvalue weighted by atomic mass is 16.6. The molecule has 0 unspecified atom stereocenters. The second-order valence-corrected chi connectivity index (χ2v) is 8.83. The van der Waals surface area contributed by atoms with Gasteiger partial charge in [-0.1, -0.05) is 57.2 Å². The zero-order valence-corrected chi connectivity index (χ0v) is 18.7. The highest BCUT2D eigenvalue weighted by molar-refractivity contribution is 6.32. The first-order valence-corrected chi connectivity index (χ1v) is 10.6. The van der Waals surface area contributed by atoms with Gasteiger partial charge in [0.15, 0.2) is 0 Å². The number of amides is 3. The molecule has 2 atom stereocenters. The Labute approximate surface area is 189 Å². The van der Waals surface area contributed by atoms with Gasteiger partial charge in [-0.2, -0.15) is 5.26 Å². The number of hydrogen-bond acceptors (Lipinski definition) is 6. The minimum atomic E-state index is -2.04. The zero-order chi connectivity index (χ0) is 23.7. The fraction of sp³-hybridized carbons (Fsp3) is 0.500. The summed E-state index contributed by atoms with van der Waals surface area (Å²) in [4.78, 5) is 26.9. The first kappa shape index (κ1) is 25.4. The van der Waals surface area contributed by atoms with Crippen LogP contribution in [0.15, 0.2) is 42.0 Å². The maximum absolute atomic E-state index is 12.8. The van der Waals surface area contributed by atoms with E-state index in [1.165, 1.54) is 0 Å². The SMILES string of the molecule is CC(C)(C)C=C(C#N)C(=O)N1CCC[C@H]1CNC(=O)N[C@@H](Cc1ccccc1)OB(O)O. The quantitative estimate of drug-likeness (QED) is 0.208. The topological polar surface area (TPSA) is 135 Å². The van der Waals surface area contributed by atoms with E-state index in [0.717, 1.165) is 12.0 Å². The van der Waals surface area contributed by atoms with Crippen LogP contribution >= 0.6 is 0 Å². The molecule has 1 heterocycles. The van der Waals surface area contributed by atoms with Crippen molar-refractivity contribution in [3.8, 4) is 6.07 Å². The summed E-state index contributed by atoms with van der Waals surface area (Å²) in [6.07, 6.45) is 2.43. The fourth-order valence-electron chi connectivity index (χ4n) is 3.56. The molecule has 0 bridgehead atoms. The standard InChI is InChI=1S/C22H31BN4O5/c1-22(2,3)13-17(14-24)20(28)27-11-7-10-18(27)15-25-21(29)26-19(32-23(30)31)12-16-8-5-4-6-9-16/h4-6,8-9,13,18-19,30-31H,7,10-12,15H2,1-3H3,(H2,25,26,29)/t18-,19+/m0/s1. The summed E-state index contributed by atoms with van der Waals surface area (Å²) in [5.41, 5.74) is 0.641. The Bertz CT molecular complexity index is 848. The fourth-order valence-corrected chi connectivity index (χ4v) is 3.56. The largest absolute Gasteiger partial charge is 0.635 e. The van der Waals surface area contributed by atoms with Crippen LogP contribution in [0.25, 0.3) is 0 Å². The van der Waals surface area contributed by atoms with Gasteiger partial charge in [0.2, 0.25) is 0 Å². The molecule has 3 amide bonds. The molecule has 0 aromatic heterocycles. The molecule has 1 fully saturated rings. The van der Waals surface area contributed by atoms with Crippen LogP contribution in [-0.4, -0.2) is 59.6 Å². The lowest BCUT2D eigenvalue weighted by molar-refractivity contribution is -0.127. The second kappa shape index (κ2) is 11.7. The Morgan fingerprint density at radius 1 is 1.34 bits per heavy atom. The number of nitriles is 1. The highest BCUT2D eigenvalue weighted by Crippen LogP contribution is 2.23. The van der Waals surface area contributed by atoms with E-state index in [2.05, 4.69) is 10.6 Å². The minimum absolute atomic E-state index is 0.0992. The number of rotatable bonds is 8. The summed E-state index contributed by atoms with van der Waals surface area (Å²) in [7, 11) is -2.04. The summed E-state index contributed by atoms with van der Waals surface area (Å²) < 4.78 is 4.98. The van der Waals surface area contributed by atoms with E-state index in [1.807, 2.05) is 57.2 Å². The van der Waals surface area contributed by atoms with Crippen molar-refractivity contribution in [3.05, 3.63) is 47.5 Å². The molecule has 10 heteroatoms. The predicted octanol–water partition coefficient (Wildman–Crippen LogP) is 1.33. The molecule has 0 aliphatic carbocycles. The molecule has 1 aromatic rings. The molecule has 0 saturated carbocycles. The van der Waals surface area contributed by atoms with Crippen molar-refractivity contribution in [2.45, 2.75) is 52.3 Å². The van der Waals surface area contributed by atoms with E-state index >= 15 is 0 Å². The number of carbonyl (C=O) groups excluding carboxylic acids is 2. The maximum atomic E-state index is 12.8. The van der Waals surface area contributed by atoms with E-state index in [-0.39, 0.29) is 35.9 Å². The third kappa shape index (κ3) is 8.34. The molecule has 9 nitrogen and oxygen atoms in total. The van der Waals surface area contributed by atoms with Crippen LogP contribution in [0, 0.1) is 16.7 Å². The number of carbonyl (C=O) groups is 2. The van der Waals surface area contributed by atoms with E-state index in [0.29, 0.717) is 13.0 Å². The summed E-state index contributed by atoms with van der Waals surface area (Å²) in [5, 5.41) is 33.0. The van der Waals surface area contributed by atoms with Gasteiger partial charge >= 0.3 is 13.4 Å². The molecular weight excluding hydrogens is 411 g/mol. The molecule has 172 valence electrons. The molecule has 2 rings (SSSR count). The summed E-state index contributed by atoms with van der Waals surface area (Å²) in [6, 6.07) is 10.4. The number of nitrogens with zero attached hydrogens (tertiary/aromatic N) is 2. The van der Waals surface area contributed by atoms with Gasteiger partial charge in [0.1, 0.15) is 17.9 Å². The number of likely N-dealkylation sites (tertiary alicyclic amines) is 1. The monoisotopic (exact) mass is 442 g/mol. The summed E-state index contributed by atoms with van der Waals surface area (Å²) >= 11 is 0. The van der Waals surface area contributed by atoms with Crippen LogP contribution in [0.3, 0.4) is 0 Å². The Morgan fingerprint density at radius 3 is 2.62 bits per heavy atom. The van der Waals surface area contributed by atoms with Crippen LogP contribution < -0.4 is 10.6 Å². The van der Waals surface area contributed by atoms with Crippen molar-refractivity contribution < 1.29 is 24.3 Å². The Hall–Kier alpha value is -2.87. The van der Waals surface area contributed by atoms with Crippen LogP contribution in [0.1, 0.15) is 39.2 Å². The minimum Gasteiger partial charge on any atom is -0.402 e. The molecule has 0 radical (unpaired) electrons. The molecule has 4 N–H and O–H groups in total. The third-order valence-corrected chi connectivity index (χ3v) is 4.91. The Kier molecular flexibility index (Phi) is 9.26. The lowest BCUT2D eigenvalue weighted by atomic mass is 9.93. The van der Waals surface area contributed by atoms with Crippen molar-refractivity contribution in [1.82, 2.24) is 15.5 Å². The molecule has 32 heavy (non-hydrogen) atoms. The lowest BCUT2D eigenvalue weighted by Crippen LogP contribution is -2.50. The van der Waals surface area contributed by atoms with Crippen molar-refractivity contribution in [3.63, 3.8) is 0 Å². The van der Waals surface area contributed by atoms with Gasteiger partial charge in [-0.05, 0) is 23.8 Å². The van der Waals surface area contributed by atoms with Crippen molar-refractivity contribution in [1.29, 1.82) is 5.26 Å². The van der Waals surface area contributed by atoms with Gasteiger partial charge in [-0.3, -0.25) is 4.79 Å². The van der Waals surface area contributed by atoms with Gasteiger partial charge in [-0.25, -0.2) is 4.79 Å². The average molecular weight is 442 g/mol. The predicted molar refractivity (Wildman–Crippen MR) is 120 cm³/mol. The van der Waals surface area contributed by atoms with Gasteiger partial charge < -0.3 is 30.2 Å². The number of hydrogen-bond donors (Lipinski definition) is 4. The van der Waals surface area contributed by atoms with Gasteiger partial charge in [0, 0.05) is 25.6 Å². The number of nitrogens with one attached hydrogen (secondary N) is 2.